The molecule has 11 heavy (non-hydrogen) atoms. The number of carbonyl (C=O) groups excluding carboxylic acids is 1. The summed E-state index contributed by atoms with van der Waals surface area (Å²) in [5, 5.41) is 0. The maximum Gasteiger partial charge on any atom is 0.309 e. The van der Waals surface area contributed by atoms with Crippen molar-refractivity contribution in [1.29, 1.82) is 0 Å². The van der Waals surface area contributed by atoms with Gasteiger partial charge in [-0.2, -0.15) is 0 Å². The Morgan fingerprint density at radius 2 is 2.36 bits per heavy atom. The molecular formula is C9H14O2. The first-order valence-corrected chi connectivity index (χ1v) is 3.82. The zero-order chi connectivity index (χ0) is 8.69. The summed E-state index contributed by atoms with van der Waals surface area (Å²) < 4.78 is 4.73. The van der Waals surface area contributed by atoms with Crippen LogP contribution in [0.5, 0.6) is 0 Å². The van der Waals surface area contributed by atoms with E-state index in [0.29, 0.717) is 0 Å². The Kier molecular flexibility index (Phi) is 5.28. The van der Waals surface area contributed by atoms with Crippen LogP contribution in [0.15, 0.2) is 0 Å². The third kappa shape index (κ3) is 4.44. The first-order chi connectivity index (χ1) is 5.22. The summed E-state index contributed by atoms with van der Waals surface area (Å²) in [6.07, 6.45) is 6.78. The molecule has 0 aliphatic carbocycles. The van der Waals surface area contributed by atoms with Gasteiger partial charge in [-0.3, -0.25) is 4.79 Å². The molecule has 62 valence electrons. The highest BCUT2D eigenvalue weighted by Gasteiger charge is 2.11. The van der Waals surface area contributed by atoms with E-state index in [1.165, 1.54) is 0 Å². The number of terminal acetylenes is 1. The molecule has 1 atom stereocenters. The molecule has 0 radical (unpaired) electrons. The summed E-state index contributed by atoms with van der Waals surface area (Å²) in [4.78, 5) is 11.0. The zero-order valence-corrected chi connectivity index (χ0v) is 7.09. The fourth-order valence-corrected chi connectivity index (χ4v) is 0.806. The van der Waals surface area contributed by atoms with Crippen LogP contribution in [0.4, 0.5) is 0 Å². The Balaban J connectivity index is 3.57. The minimum absolute atomic E-state index is 0.0200. The van der Waals surface area contributed by atoms with Gasteiger partial charge in [-0.25, -0.2) is 0 Å². The molecule has 0 aromatic carbocycles. The molecule has 0 aliphatic heterocycles. The summed E-state index contributed by atoms with van der Waals surface area (Å²) in [6, 6.07) is 0. The summed E-state index contributed by atoms with van der Waals surface area (Å²) in [5.74, 6) is 2.04. The van der Waals surface area contributed by atoms with E-state index in [2.05, 4.69) is 5.92 Å². The molecule has 1 unspecified atom stereocenters. The number of hydrogen-bond donors (Lipinski definition) is 0. The van der Waals surface area contributed by atoms with Crippen molar-refractivity contribution in [1.82, 2.24) is 0 Å². The van der Waals surface area contributed by atoms with Gasteiger partial charge < -0.3 is 4.74 Å². The van der Waals surface area contributed by atoms with Gasteiger partial charge in [-0.1, -0.05) is 26.2 Å². The van der Waals surface area contributed by atoms with Crippen LogP contribution in [0.1, 0.15) is 26.7 Å². The first-order valence-electron chi connectivity index (χ1n) is 3.82. The van der Waals surface area contributed by atoms with Crippen LogP contribution < -0.4 is 0 Å². The van der Waals surface area contributed by atoms with Gasteiger partial charge in [0.2, 0.25) is 0 Å². The highest BCUT2D eigenvalue weighted by atomic mass is 16.5. The van der Waals surface area contributed by atoms with Crippen LogP contribution in [-0.4, -0.2) is 12.6 Å². The van der Waals surface area contributed by atoms with Crippen molar-refractivity contribution in [3.05, 3.63) is 0 Å². The Morgan fingerprint density at radius 3 is 2.82 bits per heavy atom. The first kappa shape index (κ1) is 10.0. The fourth-order valence-electron chi connectivity index (χ4n) is 0.806. The predicted octanol–water partition coefficient (Wildman–Crippen LogP) is 1.60. The SMILES string of the molecule is C#CCOC(=O)C(C)CCC. The maximum absolute atomic E-state index is 11.0. The van der Waals surface area contributed by atoms with Gasteiger partial charge in [-0.05, 0) is 6.42 Å². The number of carbonyl (C=O) groups is 1. The molecule has 0 rings (SSSR count). The van der Waals surface area contributed by atoms with Crippen molar-refractivity contribution in [3.63, 3.8) is 0 Å². The Morgan fingerprint density at radius 1 is 1.73 bits per heavy atom. The van der Waals surface area contributed by atoms with Crippen molar-refractivity contribution >= 4 is 5.97 Å². The maximum atomic E-state index is 11.0. The van der Waals surface area contributed by atoms with Gasteiger partial charge in [0.15, 0.2) is 6.61 Å². The molecule has 0 amide bonds. The Bertz CT molecular complexity index is 155. The van der Waals surface area contributed by atoms with E-state index >= 15 is 0 Å². The van der Waals surface area contributed by atoms with Crippen LogP contribution in [0.25, 0.3) is 0 Å². The van der Waals surface area contributed by atoms with E-state index in [1.807, 2.05) is 13.8 Å². The summed E-state index contributed by atoms with van der Waals surface area (Å²) in [6.45, 7) is 3.97. The van der Waals surface area contributed by atoms with Crippen molar-refractivity contribution in [3.8, 4) is 12.3 Å². The molecule has 0 bridgehead atoms. The largest absolute Gasteiger partial charge is 0.452 e. The normalized spacial score (nSPS) is 11.7. The fraction of sp³-hybridized carbons (Fsp3) is 0.667. The van der Waals surface area contributed by atoms with Crippen LogP contribution in [0.2, 0.25) is 0 Å². The minimum Gasteiger partial charge on any atom is -0.452 e. The van der Waals surface area contributed by atoms with E-state index in [-0.39, 0.29) is 18.5 Å². The van der Waals surface area contributed by atoms with E-state index in [1.54, 1.807) is 0 Å². The van der Waals surface area contributed by atoms with Gasteiger partial charge >= 0.3 is 5.97 Å². The number of hydrogen-bond acceptors (Lipinski definition) is 2. The number of ether oxygens (including phenoxy) is 1. The highest BCUT2D eigenvalue weighted by molar-refractivity contribution is 5.72. The zero-order valence-electron chi connectivity index (χ0n) is 7.09. The smallest absolute Gasteiger partial charge is 0.309 e. The second-order valence-corrected chi connectivity index (χ2v) is 2.50. The molecule has 0 saturated carbocycles. The molecule has 0 N–H and O–H groups in total. The van der Waals surface area contributed by atoms with Crippen molar-refractivity contribution in [2.75, 3.05) is 6.61 Å². The van der Waals surface area contributed by atoms with E-state index in [4.69, 9.17) is 11.2 Å². The predicted molar refractivity (Wildman–Crippen MR) is 43.9 cm³/mol. The van der Waals surface area contributed by atoms with Crippen LogP contribution in [0, 0.1) is 18.3 Å². The Hall–Kier alpha value is -0.970. The van der Waals surface area contributed by atoms with Gasteiger partial charge in [0.25, 0.3) is 0 Å². The van der Waals surface area contributed by atoms with Gasteiger partial charge in [-0.15, -0.1) is 6.42 Å². The number of rotatable bonds is 4. The molecule has 0 fully saturated rings. The lowest BCUT2D eigenvalue weighted by molar-refractivity contribution is -0.146. The van der Waals surface area contributed by atoms with Crippen LogP contribution in [0.3, 0.4) is 0 Å². The summed E-state index contributed by atoms with van der Waals surface area (Å²) in [7, 11) is 0. The second-order valence-electron chi connectivity index (χ2n) is 2.50. The van der Waals surface area contributed by atoms with E-state index in [9.17, 15) is 4.79 Å². The summed E-state index contributed by atoms with van der Waals surface area (Å²) >= 11 is 0. The molecule has 2 heteroatoms. The third-order valence-electron chi connectivity index (χ3n) is 1.42. The quantitative estimate of drug-likeness (QED) is 0.454. The van der Waals surface area contributed by atoms with Gasteiger partial charge in [0, 0.05) is 0 Å². The molecule has 0 aromatic heterocycles. The molecule has 0 heterocycles. The molecule has 0 spiro atoms. The lowest BCUT2D eigenvalue weighted by atomic mass is 10.1. The monoisotopic (exact) mass is 154 g/mol. The van der Waals surface area contributed by atoms with Crippen molar-refractivity contribution < 1.29 is 9.53 Å². The lowest BCUT2D eigenvalue weighted by Crippen LogP contribution is -2.14. The Labute approximate surface area is 67.9 Å². The van der Waals surface area contributed by atoms with E-state index in [0.717, 1.165) is 12.8 Å². The average Bonchev–Trinajstić information content (AvgIpc) is 2.00. The van der Waals surface area contributed by atoms with Crippen LogP contribution >= 0.6 is 0 Å². The molecule has 2 nitrogen and oxygen atoms in total. The highest BCUT2D eigenvalue weighted by Crippen LogP contribution is 2.06. The van der Waals surface area contributed by atoms with Crippen molar-refractivity contribution in [2.24, 2.45) is 5.92 Å². The van der Waals surface area contributed by atoms with Crippen LogP contribution in [-0.2, 0) is 9.53 Å². The molecule has 0 aromatic rings. The van der Waals surface area contributed by atoms with Gasteiger partial charge in [0.1, 0.15) is 0 Å². The van der Waals surface area contributed by atoms with Crippen molar-refractivity contribution in [2.45, 2.75) is 26.7 Å². The topological polar surface area (TPSA) is 26.3 Å². The molecular weight excluding hydrogens is 140 g/mol. The molecule has 0 saturated heterocycles. The van der Waals surface area contributed by atoms with E-state index < -0.39 is 0 Å². The average molecular weight is 154 g/mol. The third-order valence-corrected chi connectivity index (χ3v) is 1.42. The summed E-state index contributed by atoms with van der Waals surface area (Å²) in [5.41, 5.74) is 0. The lowest BCUT2D eigenvalue weighted by Gasteiger charge is -2.07. The number of esters is 1. The van der Waals surface area contributed by atoms with Gasteiger partial charge in [0.05, 0.1) is 5.92 Å². The minimum atomic E-state index is -0.190. The second kappa shape index (κ2) is 5.79. The standard InChI is InChI=1S/C9H14O2/c1-4-6-8(3)9(10)11-7-5-2/h2,8H,4,6-7H2,1,3H3. The molecule has 0 aliphatic rings.